The largest absolute Gasteiger partial charge is 0.331 e. The standard InChI is InChI=1S/C14H18N4OS/c1-2-12(13-4-3-7-20-13)16-14(19)17-5-6-18-10-15-8-11(18)9-17/h3-4,7-8,10,12H,2,5-6,9H2,1H3,(H,16,19)/t12-/m1/s1. The molecule has 2 aromatic heterocycles. The summed E-state index contributed by atoms with van der Waals surface area (Å²) in [6.45, 7) is 4.28. The molecule has 0 saturated heterocycles. The van der Waals surface area contributed by atoms with Gasteiger partial charge in [0, 0.05) is 24.2 Å². The van der Waals surface area contributed by atoms with Gasteiger partial charge in [-0.3, -0.25) is 0 Å². The van der Waals surface area contributed by atoms with Gasteiger partial charge in [0.2, 0.25) is 0 Å². The number of fused-ring (bicyclic) bond motifs is 1. The van der Waals surface area contributed by atoms with Crippen LogP contribution in [0.3, 0.4) is 0 Å². The summed E-state index contributed by atoms with van der Waals surface area (Å²) in [5.41, 5.74) is 1.09. The van der Waals surface area contributed by atoms with Gasteiger partial charge >= 0.3 is 6.03 Å². The number of rotatable bonds is 3. The van der Waals surface area contributed by atoms with Gasteiger partial charge in [0.25, 0.3) is 0 Å². The minimum absolute atomic E-state index is 0.0118. The van der Waals surface area contributed by atoms with Crippen LogP contribution >= 0.6 is 11.3 Å². The van der Waals surface area contributed by atoms with E-state index in [2.05, 4.69) is 27.9 Å². The fraction of sp³-hybridized carbons (Fsp3) is 0.429. The summed E-state index contributed by atoms with van der Waals surface area (Å²) in [6, 6.07) is 4.21. The summed E-state index contributed by atoms with van der Waals surface area (Å²) in [5, 5.41) is 5.17. The number of carbonyl (C=O) groups is 1. The predicted molar refractivity (Wildman–Crippen MR) is 78.5 cm³/mol. The van der Waals surface area contributed by atoms with E-state index < -0.39 is 0 Å². The van der Waals surface area contributed by atoms with Gasteiger partial charge in [-0.1, -0.05) is 13.0 Å². The quantitative estimate of drug-likeness (QED) is 0.944. The number of hydrogen-bond acceptors (Lipinski definition) is 3. The van der Waals surface area contributed by atoms with Gasteiger partial charge in [-0.05, 0) is 17.9 Å². The molecule has 106 valence electrons. The lowest BCUT2D eigenvalue weighted by atomic mass is 10.2. The summed E-state index contributed by atoms with van der Waals surface area (Å²) in [4.78, 5) is 19.6. The molecule has 1 aliphatic heterocycles. The number of amides is 2. The highest BCUT2D eigenvalue weighted by atomic mass is 32.1. The number of hydrogen-bond donors (Lipinski definition) is 1. The average Bonchev–Trinajstić information content (AvgIpc) is 3.14. The average molecular weight is 290 g/mol. The summed E-state index contributed by atoms with van der Waals surface area (Å²) < 4.78 is 2.10. The lowest BCUT2D eigenvalue weighted by Crippen LogP contribution is -2.44. The second-order valence-electron chi connectivity index (χ2n) is 4.93. The Hall–Kier alpha value is -1.82. The maximum atomic E-state index is 12.4. The van der Waals surface area contributed by atoms with Gasteiger partial charge in [-0.15, -0.1) is 11.3 Å². The zero-order valence-corrected chi connectivity index (χ0v) is 12.3. The maximum Gasteiger partial charge on any atom is 0.318 e. The third-order valence-electron chi connectivity index (χ3n) is 3.64. The molecule has 1 atom stereocenters. The van der Waals surface area contributed by atoms with E-state index in [1.54, 1.807) is 11.3 Å². The molecule has 0 saturated carbocycles. The van der Waals surface area contributed by atoms with Gasteiger partial charge in [0.1, 0.15) is 0 Å². The van der Waals surface area contributed by atoms with Gasteiger partial charge in [-0.2, -0.15) is 0 Å². The zero-order chi connectivity index (χ0) is 13.9. The Bertz CT molecular complexity index is 578. The number of urea groups is 1. The molecule has 0 spiro atoms. The van der Waals surface area contributed by atoms with Crippen molar-refractivity contribution >= 4 is 17.4 Å². The van der Waals surface area contributed by atoms with Crippen LogP contribution in [0.4, 0.5) is 4.79 Å². The molecular weight excluding hydrogens is 272 g/mol. The molecule has 0 unspecified atom stereocenters. The van der Waals surface area contributed by atoms with E-state index in [1.807, 2.05) is 28.9 Å². The maximum absolute atomic E-state index is 12.4. The van der Waals surface area contributed by atoms with Crippen molar-refractivity contribution in [3.63, 3.8) is 0 Å². The Morgan fingerprint density at radius 2 is 2.45 bits per heavy atom. The van der Waals surface area contributed by atoms with Crippen molar-refractivity contribution in [2.75, 3.05) is 6.54 Å². The van der Waals surface area contributed by atoms with E-state index in [1.165, 1.54) is 4.88 Å². The topological polar surface area (TPSA) is 50.2 Å². The van der Waals surface area contributed by atoms with Crippen molar-refractivity contribution in [2.45, 2.75) is 32.5 Å². The molecular formula is C14H18N4OS. The molecule has 1 N–H and O–H groups in total. The van der Waals surface area contributed by atoms with Crippen LogP contribution in [-0.2, 0) is 13.1 Å². The number of thiophene rings is 1. The summed E-state index contributed by atoms with van der Waals surface area (Å²) in [7, 11) is 0. The number of nitrogens with one attached hydrogen (secondary N) is 1. The molecule has 3 heterocycles. The Morgan fingerprint density at radius 1 is 1.55 bits per heavy atom. The Labute approximate surface area is 122 Å². The smallest absolute Gasteiger partial charge is 0.318 e. The minimum atomic E-state index is 0.0118. The molecule has 2 amide bonds. The number of nitrogens with zero attached hydrogens (tertiary/aromatic N) is 3. The molecule has 0 bridgehead atoms. The highest BCUT2D eigenvalue weighted by Gasteiger charge is 2.23. The van der Waals surface area contributed by atoms with Crippen LogP contribution in [0.25, 0.3) is 0 Å². The molecule has 1 aliphatic rings. The Balaban J connectivity index is 1.65. The third kappa shape index (κ3) is 2.56. The van der Waals surface area contributed by atoms with Crippen molar-refractivity contribution in [3.8, 4) is 0 Å². The first-order chi connectivity index (χ1) is 9.78. The molecule has 0 aliphatic carbocycles. The molecule has 6 heteroatoms. The number of imidazole rings is 1. The van der Waals surface area contributed by atoms with Crippen LogP contribution < -0.4 is 5.32 Å². The van der Waals surface area contributed by atoms with E-state index in [0.717, 1.165) is 25.2 Å². The molecule has 5 nitrogen and oxygen atoms in total. The number of aromatic nitrogens is 2. The lowest BCUT2D eigenvalue weighted by molar-refractivity contribution is 0.179. The van der Waals surface area contributed by atoms with Gasteiger partial charge < -0.3 is 14.8 Å². The third-order valence-corrected chi connectivity index (χ3v) is 4.63. The van der Waals surface area contributed by atoms with E-state index in [-0.39, 0.29) is 12.1 Å². The van der Waals surface area contributed by atoms with E-state index in [9.17, 15) is 4.79 Å². The monoisotopic (exact) mass is 290 g/mol. The van der Waals surface area contributed by atoms with Crippen molar-refractivity contribution in [3.05, 3.63) is 40.6 Å². The van der Waals surface area contributed by atoms with Gasteiger partial charge in [-0.25, -0.2) is 9.78 Å². The van der Waals surface area contributed by atoms with Crippen molar-refractivity contribution in [1.82, 2.24) is 19.8 Å². The fourth-order valence-corrected chi connectivity index (χ4v) is 3.32. The normalized spacial score (nSPS) is 15.8. The van der Waals surface area contributed by atoms with Crippen LogP contribution in [0, 0.1) is 0 Å². The van der Waals surface area contributed by atoms with Crippen molar-refractivity contribution in [1.29, 1.82) is 0 Å². The SMILES string of the molecule is CC[C@@H](NC(=O)N1CCn2cncc2C1)c1cccs1. The molecule has 2 aromatic rings. The number of carbonyl (C=O) groups excluding carboxylic acids is 1. The second-order valence-corrected chi connectivity index (χ2v) is 5.90. The second kappa shape index (κ2) is 5.66. The zero-order valence-electron chi connectivity index (χ0n) is 11.5. The van der Waals surface area contributed by atoms with Gasteiger partial charge in [0.15, 0.2) is 0 Å². The van der Waals surface area contributed by atoms with E-state index >= 15 is 0 Å². The summed E-state index contributed by atoms with van der Waals surface area (Å²) in [6.07, 6.45) is 4.55. The Morgan fingerprint density at radius 3 is 3.20 bits per heavy atom. The Kier molecular flexibility index (Phi) is 3.73. The van der Waals surface area contributed by atoms with Crippen LogP contribution in [0.5, 0.6) is 0 Å². The predicted octanol–water partition coefficient (Wildman–Crippen LogP) is 2.62. The highest BCUT2D eigenvalue weighted by Crippen LogP contribution is 2.22. The molecule has 0 radical (unpaired) electrons. The van der Waals surface area contributed by atoms with E-state index in [4.69, 9.17) is 0 Å². The van der Waals surface area contributed by atoms with Crippen LogP contribution in [0.1, 0.15) is 30.0 Å². The molecule has 0 aromatic carbocycles. The highest BCUT2D eigenvalue weighted by molar-refractivity contribution is 7.10. The first-order valence-electron chi connectivity index (χ1n) is 6.85. The first-order valence-corrected chi connectivity index (χ1v) is 7.73. The molecule has 20 heavy (non-hydrogen) atoms. The minimum Gasteiger partial charge on any atom is -0.331 e. The van der Waals surface area contributed by atoms with Crippen LogP contribution in [-0.4, -0.2) is 27.0 Å². The summed E-state index contributed by atoms with van der Waals surface area (Å²) >= 11 is 1.69. The van der Waals surface area contributed by atoms with Crippen LogP contribution in [0.2, 0.25) is 0 Å². The van der Waals surface area contributed by atoms with Crippen molar-refractivity contribution in [2.24, 2.45) is 0 Å². The molecule has 0 fully saturated rings. The van der Waals surface area contributed by atoms with E-state index in [0.29, 0.717) is 6.54 Å². The van der Waals surface area contributed by atoms with Crippen molar-refractivity contribution < 1.29 is 4.79 Å². The molecule has 3 rings (SSSR count). The fourth-order valence-electron chi connectivity index (χ4n) is 2.46. The first kappa shape index (κ1) is 13.2. The van der Waals surface area contributed by atoms with Gasteiger partial charge in [0.05, 0.1) is 24.6 Å². The van der Waals surface area contributed by atoms with Crippen LogP contribution in [0.15, 0.2) is 30.0 Å². The lowest BCUT2D eigenvalue weighted by Gasteiger charge is -2.29. The summed E-state index contributed by atoms with van der Waals surface area (Å²) in [5.74, 6) is 0.